The number of nitrogens with zero attached hydrogens (tertiary/aromatic N) is 6. The molecule has 1 atom stereocenters. The van der Waals surface area contributed by atoms with Crippen molar-refractivity contribution >= 4 is 28.2 Å². The van der Waals surface area contributed by atoms with Crippen LogP contribution >= 0.6 is 0 Å². The fraction of sp³-hybridized carbons (Fsp3) is 0.240. The highest BCUT2D eigenvalue weighted by Crippen LogP contribution is 2.28. The number of likely N-dealkylation sites (N-methyl/N-ethyl adjacent to an activating group) is 1. The van der Waals surface area contributed by atoms with Crippen LogP contribution in [-0.4, -0.2) is 57.8 Å². The number of nitriles is 1. The summed E-state index contributed by atoms with van der Waals surface area (Å²) in [6.45, 7) is 3.74. The highest BCUT2D eigenvalue weighted by Gasteiger charge is 2.18. The summed E-state index contributed by atoms with van der Waals surface area (Å²) in [5, 5.41) is 23.8. The first kappa shape index (κ1) is 21.9. The van der Waals surface area contributed by atoms with E-state index in [0.29, 0.717) is 22.9 Å². The first-order valence-corrected chi connectivity index (χ1v) is 11.2. The number of anilines is 3. The molecule has 172 valence electrons. The van der Waals surface area contributed by atoms with Gasteiger partial charge in [-0.05, 0) is 37.4 Å². The lowest BCUT2D eigenvalue weighted by atomic mass is 10.1. The van der Waals surface area contributed by atoms with Crippen LogP contribution in [0, 0.1) is 11.3 Å². The van der Waals surface area contributed by atoms with E-state index in [1.807, 2.05) is 47.0 Å². The van der Waals surface area contributed by atoms with Crippen molar-refractivity contribution in [3.05, 3.63) is 72.1 Å². The molecule has 0 saturated carbocycles. The summed E-state index contributed by atoms with van der Waals surface area (Å²) < 4.78 is 1.88. The Labute approximate surface area is 197 Å². The molecule has 2 aromatic heterocycles. The first-order valence-electron chi connectivity index (χ1n) is 11.2. The van der Waals surface area contributed by atoms with E-state index in [9.17, 15) is 10.4 Å². The largest absolute Gasteiger partial charge is 0.374 e. The second-order valence-electron chi connectivity index (χ2n) is 8.41. The number of nitrogens with one attached hydrogen (secondary N) is 1. The maximum Gasteiger partial charge on any atom is 0.229 e. The monoisotopic (exact) mass is 454 g/mol. The van der Waals surface area contributed by atoms with Gasteiger partial charge in [0.05, 0.1) is 16.8 Å². The number of fused-ring (bicyclic) bond motifs is 1. The van der Waals surface area contributed by atoms with E-state index >= 15 is 0 Å². The third-order valence-electron chi connectivity index (χ3n) is 6.17. The molecular weight excluding hydrogens is 428 g/mol. The minimum absolute atomic E-state index is 0.404. The van der Waals surface area contributed by atoms with Crippen LogP contribution in [0.1, 0.15) is 17.4 Å². The van der Waals surface area contributed by atoms with Crippen molar-refractivity contribution in [3.63, 3.8) is 0 Å². The molecule has 0 amide bonds. The number of rotatable bonds is 5. The van der Waals surface area contributed by atoms with Gasteiger partial charge in [0.15, 0.2) is 0 Å². The van der Waals surface area contributed by atoms with Gasteiger partial charge in [-0.2, -0.15) is 10.2 Å². The first-order chi connectivity index (χ1) is 16.5. The number of aliphatic hydroxyl groups is 1. The number of para-hydroxylation sites is 1. The van der Waals surface area contributed by atoms with Crippen molar-refractivity contribution in [2.45, 2.75) is 6.23 Å². The third kappa shape index (κ3) is 4.18. The van der Waals surface area contributed by atoms with Gasteiger partial charge in [-0.1, -0.05) is 18.2 Å². The lowest BCUT2D eigenvalue weighted by molar-refractivity contribution is 0.187. The van der Waals surface area contributed by atoms with Gasteiger partial charge in [-0.25, -0.2) is 4.98 Å². The zero-order valence-electron chi connectivity index (χ0n) is 18.9. The van der Waals surface area contributed by atoms with Crippen LogP contribution in [0.5, 0.6) is 0 Å². The van der Waals surface area contributed by atoms with Gasteiger partial charge in [0.25, 0.3) is 0 Å². The third-order valence-corrected chi connectivity index (χ3v) is 6.17. The number of aliphatic hydroxyl groups excluding tert-OH is 1. The van der Waals surface area contributed by atoms with Crippen LogP contribution in [0.3, 0.4) is 0 Å². The molecule has 3 heterocycles. The van der Waals surface area contributed by atoms with Crippen molar-refractivity contribution in [2.24, 2.45) is 5.73 Å². The number of hydrogen-bond acceptors (Lipinski definition) is 8. The SMILES string of the molecule is CN1CCN(c2ccc(Nc3nccc(-n4cc(C(N)O)c5ccccc54)n3)cc2C#N)CC1. The molecule has 0 aliphatic carbocycles. The van der Waals surface area contributed by atoms with Crippen molar-refractivity contribution < 1.29 is 5.11 Å². The number of aromatic nitrogens is 3. The van der Waals surface area contributed by atoms with Crippen LogP contribution < -0.4 is 16.0 Å². The van der Waals surface area contributed by atoms with Crippen molar-refractivity contribution in [1.29, 1.82) is 5.26 Å². The Hall–Kier alpha value is -3.97. The number of nitrogens with two attached hydrogens (primary N) is 1. The zero-order chi connectivity index (χ0) is 23.7. The van der Waals surface area contributed by atoms with Gasteiger partial charge >= 0.3 is 0 Å². The molecule has 4 N–H and O–H groups in total. The van der Waals surface area contributed by atoms with Gasteiger partial charge < -0.3 is 30.5 Å². The lowest BCUT2D eigenvalue weighted by Crippen LogP contribution is -2.44. The molecule has 5 rings (SSSR count). The second-order valence-corrected chi connectivity index (χ2v) is 8.41. The molecular formula is C25H26N8O. The number of piperazine rings is 1. The molecule has 9 heteroatoms. The Morgan fingerprint density at radius 3 is 2.68 bits per heavy atom. The number of benzene rings is 2. The summed E-state index contributed by atoms with van der Waals surface area (Å²) >= 11 is 0. The maximum atomic E-state index is 10.00. The minimum Gasteiger partial charge on any atom is -0.374 e. The molecule has 9 nitrogen and oxygen atoms in total. The molecule has 1 aliphatic heterocycles. The zero-order valence-corrected chi connectivity index (χ0v) is 18.9. The van der Waals surface area contributed by atoms with Gasteiger partial charge in [0.2, 0.25) is 5.95 Å². The summed E-state index contributed by atoms with van der Waals surface area (Å²) in [6, 6.07) is 17.6. The standard InChI is InChI=1S/C25H26N8O/c1-31-10-12-32(13-11-31)21-7-6-18(14-17(21)15-26)29-25-28-9-8-23(30-25)33-16-20(24(27)34)19-4-2-3-5-22(19)33/h2-9,14,16,24,34H,10-13,27H2,1H3,(H,28,29,30). The van der Waals surface area contributed by atoms with Crippen molar-refractivity contribution in [3.8, 4) is 11.9 Å². The topological polar surface area (TPSA) is 119 Å². The van der Waals surface area contributed by atoms with Crippen molar-refractivity contribution in [2.75, 3.05) is 43.4 Å². The summed E-state index contributed by atoms with van der Waals surface area (Å²) in [6.07, 6.45) is 2.37. The Balaban J connectivity index is 1.43. The smallest absolute Gasteiger partial charge is 0.229 e. The fourth-order valence-electron chi connectivity index (χ4n) is 4.33. The van der Waals surface area contributed by atoms with Crippen LogP contribution in [0.2, 0.25) is 0 Å². The van der Waals surface area contributed by atoms with Gasteiger partial charge in [-0.15, -0.1) is 0 Å². The van der Waals surface area contributed by atoms with Crippen LogP contribution in [-0.2, 0) is 0 Å². The highest BCUT2D eigenvalue weighted by atomic mass is 16.3. The predicted octanol–water partition coefficient (Wildman–Crippen LogP) is 2.74. The lowest BCUT2D eigenvalue weighted by Gasteiger charge is -2.34. The molecule has 1 unspecified atom stereocenters. The van der Waals surface area contributed by atoms with Crippen LogP contribution in [0.4, 0.5) is 17.3 Å². The van der Waals surface area contributed by atoms with E-state index in [-0.39, 0.29) is 0 Å². The summed E-state index contributed by atoms with van der Waals surface area (Å²) in [5.74, 6) is 1.04. The van der Waals surface area contributed by atoms with E-state index in [0.717, 1.165) is 48.5 Å². The average Bonchev–Trinajstić information content (AvgIpc) is 3.25. The van der Waals surface area contributed by atoms with Crippen LogP contribution in [0.25, 0.3) is 16.7 Å². The molecule has 4 aromatic rings. The van der Waals surface area contributed by atoms with Crippen molar-refractivity contribution in [1.82, 2.24) is 19.4 Å². The van der Waals surface area contributed by atoms with E-state index < -0.39 is 6.23 Å². The van der Waals surface area contributed by atoms with Gasteiger partial charge in [0, 0.05) is 55.2 Å². The molecule has 1 saturated heterocycles. The highest BCUT2D eigenvalue weighted by molar-refractivity contribution is 5.85. The van der Waals surface area contributed by atoms with Crippen LogP contribution in [0.15, 0.2) is 60.9 Å². The van der Waals surface area contributed by atoms with Gasteiger partial charge in [0.1, 0.15) is 18.1 Å². The van der Waals surface area contributed by atoms with E-state index in [4.69, 9.17) is 5.73 Å². The Morgan fingerprint density at radius 2 is 1.91 bits per heavy atom. The quantitative estimate of drug-likeness (QED) is 0.394. The summed E-state index contributed by atoms with van der Waals surface area (Å²) in [7, 11) is 2.11. The molecule has 0 bridgehead atoms. The van der Waals surface area contributed by atoms with E-state index in [1.54, 1.807) is 18.5 Å². The van der Waals surface area contributed by atoms with E-state index in [2.05, 4.69) is 38.2 Å². The molecule has 1 fully saturated rings. The summed E-state index contributed by atoms with van der Waals surface area (Å²) in [5.41, 5.74) is 9.58. The molecule has 34 heavy (non-hydrogen) atoms. The Morgan fingerprint density at radius 1 is 1.12 bits per heavy atom. The molecule has 0 spiro atoms. The summed E-state index contributed by atoms with van der Waals surface area (Å²) in [4.78, 5) is 13.5. The number of hydrogen-bond donors (Lipinski definition) is 3. The minimum atomic E-state index is -1.09. The molecule has 2 aromatic carbocycles. The normalized spacial score (nSPS) is 15.3. The predicted molar refractivity (Wildman–Crippen MR) is 132 cm³/mol. The Kier molecular flexibility index (Phi) is 5.86. The fourth-order valence-corrected chi connectivity index (χ4v) is 4.33. The Bertz CT molecular complexity index is 1370. The van der Waals surface area contributed by atoms with E-state index in [1.165, 1.54) is 0 Å². The second kappa shape index (κ2) is 9.11. The molecule has 1 aliphatic rings. The van der Waals surface area contributed by atoms with Gasteiger partial charge in [-0.3, -0.25) is 0 Å². The molecule has 0 radical (unpaired) electrons. The maximum absolute atomic E-state index is 10.00. The average molecular weight is 455 g/mol.